The smallest absolute Gasteiger partial charge is 0.107 e. The summed E-state index contributed by atoms with van der Waals surface area (Å²) in [5, 5.41) is 16.1. The minimum Gasteiger partial charge on any atom is -0.292 e. The van der Waals surface area contributed by atoms with E-state index < -0.39 is 0 Å². The van der Waals surface area contributed by atoms with Crippen LogP contribution in [0.15, 0.2) is 0 Å². The van der Waals surface area contributed by atoms with Crippen LogP contribution in [0.5, 0.6) is 0 Å². The maximum absolute atomic E-state index is 8.04. The zero-order valence-corrected chi connectivity index (χ0v) is 5.87. The molecule has 2 atom stereocenters. The largest absolute Gasteiger partial charge is 0.292 e. The zero-order chi connectivity index (χ0) is 7.98. The van der Waals surface area contributed by atoms with Gasteiger partial charge in [-0.05, 0) is 13.8 Å². The lowest BCUT2D eigenvalue weighted by molar-refractivity contribution is -0.229. The summed E-state index contributed by atoms with van der Waals surface area (Å²) in [6, 6.07) is 0. The average Bonchev–Trinajstić information content (AvgIpc) is 1.89. The Labute approximate surface area is 58.6 Å². The van der Waals surface area contributed by atoms with E-state index in [4.69, 9.17) is 10.4 Å². The van der Waals surface area contributed by atoms with Crippen molar-refractivity contribution < 1.29 is 20.1 Å². The lowest BCUT2D eigenvalue weighted by Crippen LogP contribution is -2.33. The lowest BCUT2D eigenvalue weighted by Gasteiger charge is -2.16. The fourth-order valence-electron chi connectivity index (χ4n) is 0.358. The third-order valence-electron chi connectivity index (χ3n) is 1.14. The van der Waals surface area contributed by atoms with Crippen molar-refractivity contribution in [2.24, 2.45) is 0 Å². The van der Waals surface area contributed by atoms with Crippen LogP contribution in [0, 0.1) is 0 Å². The van der Waals surface area contributed by atoms with Crippen molar-refractivity contribution in [3.63, 3.8) is 0 Å². The van der Waals surface area contributed by atoms with Gasteiger partial charge in [0.2, 0.25) is 0 Å². The van der Waals surface area contributed by atoms with E-state index in [1.165, 1.54) is 11.3 Å². The Morgan fingerprint density at radius 1 is 1.00 bits per heavy atom. The second kappa shape index (κ2) is 5.54. The molecule has 0 saturated carbocycles. The average molecular weight is 152 g/mol. The summed E-state index contributed by atoms with van der Waals surface area (Å²) >= 11 is 0. The van der Waals surface area contributed by atoms with Crippen LogP contribution in [0.3, 0.4) is 0 Å². The summed E-state index contributed by atoms with van der Waals surface area (Å²) in [6.07, 6.45) is -0.741. The van der Waals surface area contributed by atoms with Gasteiger partial charge in [-0.3, -0.25) is 20.1 Å². The second-order valence-corrected chi connectivity index (χ2v) is 1.83. The summed E-state index contributed by atoms with van der Waals surface area (Å²) in [5.74, 6) is 0. The molecule has 2 unspecified atom stereocenters. The highest BCUT2D eigenvalue weighted by atomic mass is 16.9. The Bertz CT molecular complexity index is 71.7. The molecule has 0 aromatic rings. The second-order valence-electron chi connectivity index (χ2n) is 1.83. The molecule has 0 aliphatic carbocycles. The minimum atomic E-state index is -0.371. The van der Waals surface area contributed by atoms with E-state index in [2.05, 4.69) is 9.68 Å². The number of rotatable bonds is 5. The summed E-state index contributed by atoms with van der Waals surface area (Å²) < 4.78 is 0. The molecular formula is C4H12N2O4. The topological polar surface area (TPSA) is 83.0 Å². The third kappa shape index (κ3) is 3.72. The molecule has 0 fully saturated rings. The van der Waals surface area contributed by atoms with Crippen molar-refractivity contribution in [3.05, 3.63) is 0 Å². The van der Waals surface area contributed by atoms with E-state index in [0.717, 1.165) is 0 Å². The first-order valence-corrected chi connectivity index (χ1v) is 2.81. The van der Waals surface area contributed by atoms with Gasteiger partial charge in [-0.2, -0.15) is 0 Å². The molecule has 6 heteroatoms. The monoisotopic (exact) mass is 152 g/mol. The summed E-state index contributed by atoms with van der Waals surface area (Å²) in [4.78, 5) is 8.97. The van der Waals surface area contributed by atoms with E-state index in [-0.39, 0.29) is 12.2 Å². The van der Waals surface area contributed by atoms with E-state index in [0.29, 0.717) is 0 Å². The van der Waals surface area contributed by atoms with Crippen LogP contribution in [0.25, 0.3) is 0 Å². The van der Waals surface area contributed by atoms with Crippen LogP contribution in [0.2, 0.25) is 0 Å². The Hall–Kier alpha value is -0.240. The molecule has 0 rings (SSSR count). The van der Waals surface area contributed by atoms with Gasteiger partial charge in [0, 0.05) is 0 Å². The molecule has 0 aromatic heterocycles. The van der Waals surface area contributed by atoms with Crippen LogP contribution >= 0.6 is 0 Å². The quantitative estimate of drug-likeness (QED) is 0.401. The molecule has 0 amide bonds. The van der Waals surface area contributed by atoms with Crippen molar-refractivity contribution in [3.8, 4) is 0 Å². The molecule has 6 nitrogen and oxygen atoms in total. The fraction of sp³-hybridized carbons (Fsp3) is 1.00. The molecule has 0 radical (unpaired) electrons. The maximum Gasteiger partial charge on any atom is 0.107 e. The van der Waals surface area contributed by atoms with E-state index >= 15 is 0 Å². The van der Waals surface area contributed by atoms with Crippen molar-refractivity contribution in [1.29, 1.82) is 0 Å². The number of hydrogen-bond donors (Lipinski definition) is 4. The van der Waals surface area contributed by atoms with E-state index in [1.807, 2.05) is 0 Å². The van der Waals surface area contributed by atoms with Crippen LogP contribution in [-0.4, -0.2) is 22.6 Å². The van der Waals surface area contributed by atoms with Crippen LogP contribution in [0.4, 0.5) is 0 Å². The maximum atomic E-state index is 8.04. The summed E-state index contributed by atoms with van der Waals surface area (Å²) in [6.45, 7) is 3.32. The minimum absolute atomic E-state index is 0.371. The molecule has 0 spiro atoms. The molecule has 0 bridgehead atoms. The highest BCUT2D eigenvalue weighted by molar-refractivity contribution is 4.56. The van der Waals surface area contributed by atoms with Gasteiger partial charge in [0.05, 0.1) is 0 Å². The van der Waals surface area contributed by atoms with Crippen molar-refractivity contribution >= 4 is 0 Å². The standard InChI is InChI=1S/C4H12N2O4/c1-3(9-5-7)4(2)10-6-8/h3-8H,1-2H3. The zero-order valence-electron chi connectivity index (χ0n) is 5.87. The van der Waals surface area contributed by atoms with E-state index in [1.54, 1.807) is 13.8 Å². The van der Waals surface area contributed by atoms with Gasteiger partial charge in [0.15, 0.2) is 0 Å². The Morgan fingerprint density at radius 2 is 1.30 bits per heavy atom. The number of hydrogen-bond acceptors (Lipinski definition) is 6. The molecule has 10 heavy (non-hydrogen) atoms. The lowest BCUT2D eigenvalue weighted by atomic mass is 10.3. The summed E-state index contributed by atoms with van der Waals surface area (Å²) in [5.41, 5.74) is 3.03. The molecule has 0 aliphatic heterocycles. The first-order valence-electron chi connectivity index (χ1n) is 2.81. The fourth-order valence-corrected chi connectivity index (χ4v) is 0.358. The Kier molecular flexibility index (Phi) is 5.40. The molecule has 4 N–H and O–H groups in total. The van der Waals surface area contributed by atoms with Gasteiger partial charge in [0.25, 0.3) is 0 Å². The third-order valence-corrected chi connectivity index (χ3v) is 1.14. The first-order chi connectivity index (χ1) is 4.72. The van der Waals surface area contributed by atoms with Gasteiger partial charge in [-0.15, -0.1) is 0 Å². The van der Waals surface area contributed by atoms with Gasteiger partial charge in [-0.25, -0.2) is 0 Å². The first kappa shape index (κ1) is 9.76. The molecule has 0 aromatic carbocycles. The van der Waals surface area contributed by atoms with Crippen LogP contribution in [0.1, 0.15) is 13.8 Å². The molecule has 0 aliphatic rings. The van der Waals surface area contributed by atoms with Crippen molar-refractivity contribution in [2.45, 2.75) is 26.1 Å². The molecule has 0 saturated heterocycles. The predicted octanol–water partition coefficient (Wildman–Crippen LogP) is -0.416. The normalized spacial score (nSPS) is 16.8. The van der Waals surface area contributed by atoms with Crippen LogP contribution in [-0.2, 0) is 9.68 Å². The highest BCUT2D eigenvalue weighted by Crippen LogP contribution is 1.97. The van der Waals surface area contributed by atoms with Gasteiger partial charge < -0.3 is 0 Å². The van der Waals surface area contributed by atoms with Crippen molar-refractivity contribution in [1.82, 2.24) is 11.3 Å². The molecule has 62 valence electrons. The molecule has 0 heterocycles. The Balaban J connectivity index is 3.38. The van der Waals surface area contributed by atoms with Gasteiger partial charge >= 0.3 is 0 Å². The predicted molar refractivity (Wildman–Crippen MR) is 30.9 cm³/mol. The number of nitrogens with one attached hydrogen (secondary N) is 2. The van der Waals surface area contributed by atoms with Crippen LogP contribution < -0.4 is 11.3 Å². The highest BCUT2D eigenvalue weighted by Gasteiger charge is 2.12. The van der Waals surface area contributed by atoms with E-state index in [9.17, 15) is 0 Å². The van der Waals surface area contributed by atoms with Gasteiger partial charge in [0.1, 0.15) is 12.2 Å². The SMILES string of the molecule is CC(ONO)C(C)ONO. The van der Waals surface area contributed by atoms with Crippen molar-refractivity contribution in [2.75, 3.05) is 0 Å². The summed E-state index contributed by atoms with van der Waals surface area (Å²) in [7, 11) is 0. The van der Waals surface area contributed by atoms with Gasteiger partial charge in [-0.1, -0.05) is 11.3 Å². The Morgan fingerprint density at radius 3 is 1.50 bits per heavy atom. The molecular weight excluding hydrogens is 140 g/mol.